The third-order valence-electron chi connectivity index (χ3n) is 4.13. The topological polar surface area (TPSA) is 39.1 Å². The zero-order chi connectivity index (χ0) is 16.6. The zero-order valence-corrected chi connectivity index (χ0v) is 14.6. The van der Waals surface area contributed by atoms with Gasteiger partial charge < -0.3 is 14.9 Å². The SMILES string of the molecule is CC(C)N1C=C2C(O)=CN=C(Cc3c(Cl)cccc3Cl)N2CC1. The van der Waals surface area contributed by atoms with Crippen molar-refractivity contribution in [3.05, 3.63) is 57.7 Å². The van der Waals surface area contributed by atoms with E-state index in [1.807, 2.05) is 29.3 Å². The Labute approximate surface area is 146 Å². The third kappa shape index (κ3) is 3.19. The van der Waals surface area contributed by atoms with Crippen molar-refractivity contribution in [3.63, 3.8) is 0 Å². The molecule has 2 aliphatic heterocycles. The summed E-state index contributed by atoms with van der Waals surface area (Å²) < 4.78 is 0. The highest BCUT2D eigenvalue weighted by Crippen LogP contribution is 2.29. The van der Waals surface area contributed by atoms with Crippen molar-refractivity contribution < 1.29 is 5.11 Å². The minimum absolute atomic E-state index is 0.185. The van der Waals surface area contributed by atoms with Gasteiger partial charge in [-0.05, 0) is 31.5 Å². The fourth-order valence-electron chi connectivity index (χ4n) is 2.78. The molecular weight excluding hydrogens is 333 g/mol. The van der Waals surface area contributed by atoms with Gasteiger partial charge in [-0.15, -0.1) is 0 Å². The lowest BCUT2D eigenvalue weighted by atomic mass is 10.1. The van der Waals surface area contributed by atoms with Crippen molar-refractivity contribution in [3.8, 4) is 0 Å². The standard InChI is InChI=1S/C17H19Cl2N3O/c1-11(2)21-6-7-22-15(10-21)16(23)9-20-17(22)8-12-13(18)4-3-5-14(12)19/h3-5,9-11,23H,6-8H2,1-2H3. The van der Waals surface area contributed by atoms with E-state index in [9.17, 15) is 5.11 Å². The minimum atomic E-state index is 0.185. The molecule has 1 aromatic carbocycles. The first-order valence-electron chi connectivity index (χ1n) is 7.61. The summed E-state index contributed by atoms with van der Waals surface area (Å²) in [6.45, 7) is 5.91. The fourth-order valence-corrected chi connectivity index (χ4v) is 3.31. The van der Waals surface area contributed by atoms with E-state index in [1.54, 1.807) is 0 Å². The van der Waals surface area contributed by atoms with Gasteiger partial charge in [-0.3, -0.25) is 0 Å². The average Bonchev–Trinajstić information content (AvgIpc) is 2.53. The summed E-state index contributed by atoms with van der Waals surface area (Å²) in [4.78, 5) is 8.64. The Hall–Kier alpha value is -1.65. The molecule has 2 heterocycles. The van der Waals surface area contributed by atoms with Gasteiger partial charge in [0, 0.05) is 41.8 Å². The van der Waals surface area contributed by atoms with Crippen molar-refractivity contribution in [2.75, 3.05) is 13.1 Å². The highest BCUT2D eigenvalue weighted by Gasteiger charge is 2.28. The zero-order valence-electron chi connectivity index (χ0n) is 13.1. The summed E-state index contributed by atoms with van der Waals surface area (Å²) in [6, 6.07) is 5.87. The van der Waals surface area contributed by atoms with E-state index >= 15 is 0 Å². The molecule has 0 fully saturated rings. The number of rotatable bonds is 3. The van der Waals surface area contributed by atoms with E-state index in [4.69, 9.17) is 23.2 Å². The van der Waals surface area contributed by atoms with Crippen molar-refractivity contribution in [2.45, 2.75) is 26.3 Å². The molecular formula is C17H19Cl2N3O. The highest BCUT2D eigenvalue weighted by atomic mass is 35.5. The molecule has 0 amide bonds. The normalized spacial score (nSPS) is 17.7. The Morgan fingerprint density at radius 3 is 2.57 bits per heavy atom. The maximum Gasteiger partial charge on any atom is 0.159 e. The second-order valence-corrected chi connectivity index (χ2v) is 6.75. The fraction of sp³-hybridized carbons (Fsp3) is 0.353. The van der Waals surface area contributed by atoms with Crippen LogP contribution in [-0.2, 0) is 6.42 Å². The van der Waals surface area contributed by atoms with E-state index in [0.29, 0.717) is 22.5 Å². The maximum atomic E-state index is 10.2. The maximum absolute atomic E-state index is 10.2. The van der Waals surface area contributed by atoms with Crippen LogP contribution in [0, 0.1) is 0 Å². The number of nitrogens with zero attached hydrogens (tertiary/aromatic N) is 3. The average molecular weight is 352 g/mol. The van der Waals surface area contributed by atoms with Gasteiger partial charge in [-0.2, -0.15) is 0 Å². The van der Waals surface area contributed by atoms with Crippen LogP contribution in [0.4, 0.5) is 0 Å². The van der Waals surface area contributed by atoms with Gasteiger partial charge in [-0.1, -0.05) is 29.3 Å². The van der Waals surface area contributed by atoms with Crippen LogP contribution < -0.4 is 0 Å². The lowest BCUT2D eigenvalue weighted by molar-refractivity contribution is 0.242. The van der Waals surface area contributed by atoms with Crippen LogP contribution >= 0.6 is 23.2 Å². The Balaban J connectivity index is 1.92. The minimum Gasteiger partial charge on any atom is -0.504 e. The van der Waals surface area contributed by atoms with E-state index in [2.05, 4.69) is 23.7 Å². The number of aliphatic hydroxyl groups is 1. The quantitative estimate of drug-likeness (QED) is 0.886. The number of benzene rings is 1. The van der Waals surface area contributed by atoms with Crippen LogP contribution in [-0.4, -0.2) is 39.9 Å². The lowest BCUT2D eigenvalue weighted by Crippen LogP contribution is -2.45. The molecule has 4 nitrogen and oxygen atoms in total. The second-order valence-electron chi connectivity index (χ2n) is 5.93. The molecule has 3 rings (SSSR count). The predicted octanol–water partition coefficient (Wildman–Crippen LogP) is 4.21. The number of aliphatic hydroxyl groups excluding tert-OH is 1. The molecule has 0 radical (unpaired) electrons. The van der Waals surface area contributed by atoms with Gasteiger partial charge in [0.2, 0.25) is 0 Å². The van der Waals surface area contributed by atoms with Gasteiger partial charge in [0.25, 0.3) is 0 Å². The van der Waals surface area contributed by atoms with Crippen LogP contribution in [0.1, 0.15) is 19.4 Å². The molecule has 0 bridgehead atoms. The number of halogens is 2. The number of hydrogen-bond donors (Lipinski definition) is 1. The lowest BCUT2D eigenvalue weighted by Gasteiger charge is -2.39. The summed E-state index contributed by atoms with van der Waals surface area (Å²) in [5.74, 6) is 1.02. The number of hydrogen-bond acceptors (Lipinski definition) is 4. The first-order valence-corrected chi connectivity index (χ1v) is 8.37. The molecule has 0 saturated carbocycles. The second kappa shape index (κ2) is 6.46. The molecule has 0 spiro atoms. The molecule has 0 aliphatic carbocycles. The van der Waals surface area contributed by atoms with Crippen molar-refractivity contribution in [1.29, 1.82) is 0 Å². The molecule has 1 N–H and O–H groups in total. The molecule has 122 valence electrons. The predicted molar refractivity (Wildman–Crippen MR) is 94.9 cm³/mol. The summed E-state index contributed by atoms with van der Waals surface area (Å²) in [5, 5.41) is 11.4. The largest absolute Gasteiger partial charge is 0.504 e. The van der Waals surface area contributed by atoms with E-state index in [-0.39, 0.29) is 5.76 Å². The third-order valence-corrected chi connectivity index (χ3v) is 4.84. The van der Waals surface area contributed by atoms with Crippen molar-refractivity contribution >= 4 is 29.0 Å². The highest BCUT2D eigenvalue weighted by molar-refractivity contribution is 6.36. The first-order chi connectivity index (χ1) is 11.0. The molecule has 0 atom stereocenters. The summed E-state index contributed by atoms with van der Waals surface area (Å²) in [7, 11) is 0. The van der Waals surface area contributed by atoms with Gasteiger partial charge in [0.15, 0.2) is 5.76 Å². The molecule has 0 saturated heterocycles. The monoisotopic (exact) mass is 351 g/mol. The molecule has 6 heteroatoms. The van der Waals surface area contributed by atoms with Gasteiger partial charge in [0.1, 0.15) is 11.5 Å². The van der Waals surface area contributed by atoms with Crippen LogP contribution in [0.25, 0.3) is 0 Å². The van der Waals surface area contributed by atoms with E-state index in [0.717, 1.165) is 30.2 Å². The van der Waals surface area contributed by atoms with E-state index in [1.165, 1.54) is 6.20 Å². The van der Waals surface area contributed by atoms with Gasteiger partial charge in [0.05, 0.1) is 6.20 Å². The molecule has 2 aliphatic rings. The van der Waals surface area contributed by atoms with E-state index < -0.39 is 0 Å². The van der Waals surface area contributed by atoms with Gasteiger partial charge in [-0.25, -0.2) is 4.99 Å². The Morgan fingerprint density at radius 1 is 1.22 bits per heavy atom. The van der Waals surface area contributed by atoms with Crippen molar-refractivity contribution in [1.82, 2.24) is 9.80 Å². The molecule has 0 aromatic heterocycles. The number of amidine groups is 1. The number of fused-ring (bicyclic) bond motifs is 1. The molecule has 23 heavy (non-hydrogen) atoms. The Bertz CT molecular complexity index is 690. The van der Waals surface area contributed by atoms with Crippen LogP contribution in [0.15, 0.2) is 47.0 Å². The smallest absolute Gasteiger partial charge is 0.159 e. The molecule has 1 aromatic rings. The van der Waals surface area contributed by atoms with Crippen molar-refractivity contribution in [2.24, 2.45) is 4.99 Å². The van der Waals surface area contributed by atoms with Gasteiger partial charge >= 0.3 is 0 Å². The summed E-state index contributed by atoms with van der Waals surface area (Å²) >= 11 is 12.5. The van der Waals surface area contributed by atoms with Crippen LogP contribution in [0.3, 0.4) is 0 Å². The summed E-state index contributed by atoms with van der Waals surface area (Å²) in [6.07, 6.45) is 4.01. The number of aliphatic imine (C=N–C) groups is 1. The summed E-state index contributed by atoms with van der Waals surface area (Å²) in [5.41, 5.74) is 1.63. The van der Waals surface area contributed by atoms with Crippen LogP contribution in [0.5, 0.6) is 0 Å². The first kappa shape index (κ1) is 16.2. The van der Waals surface area contributed by atoms with Crippen LogP contribution in [0.2, 0.25) is 10.0 Å². The Morgan fingerprint density at radius 2 is 1.91 bits per heavy atom. The molecule has 0 unspecified atom stereocenters. The Kier molecular flexibility index (Phi) is 4.55.